The van der Waals surface area contributed by atoms with E-state index >= 15 is 0 Å². The number of amides is 2. The fourth-order valence-corrected chi connectivity index (χ4v) is 4.82. The van der Waals surface area contributed by atoms with Gasteiger partial charge in [-0.2, -0.15) is 0 Å². The molecule has 0 spiro atoms. The van der Waals surface area contributed by atoms with E-state index in [2.05, 4.69) is 24.5 Å². The van der Waals surface area contributed by atoms with Crippen LogP contribution < -0.4 is 15.4 Å². The molecular formula is C22H28N2O3S. The summed E-state index contributed by atoms with van der Waals surface area (Å²) >= 11 is 1.53. The van der Waals surface area contributed by atoms with Gasteiger partial charge in [-0.1, -0.05) is 20.3 Å². The van der Waals surface area contributed by atoms with Crippen molar-refractivity contribution in [3.05, 3.63) is 45.8 Å². The molecule has 1 heterocycles. The lowest BCUT2D eigenvalue weighted by Gasteiger charge is -2.18. The van der Waals surface area contributed by atoms with Crippen molar-refractivity contribution in [2.75, 3.05) is 19.0 Å². The molecule has 5 nitrogen and oxygen atoms in total. The lowest BCUT2D eigenvalue weighted by atomic mass is 9.88. The molecule has 2 amide bonds. The van der Waals surface area contributed by atoms with E-state index in [4.69, 9.17) is 4.74 Å². The number of rotatable bonds is 7. The van der Waals surface area contributed by atoms with E-state index in [1.165, 1.54) is 16.2 Å². The van der Waals surface area contributed by atoms with Crippen LogP contribution in [0.3, 0.4) is 0 Å². The summed E-state index contributed by atoms with van der Waals surface area (Å²) in [4.78, 5) is 26.4. The van der Waals surface area contributed by atoms with Crippen LogP contribution in [0.25, 0.3) is 0 Å². The Labute approximate surface area is 170 Å². The number of benzene rings is 1. The Bertz CT molecular complexity index is 842. The maximum absolute atomic E-state index is 12.7. The molecule has 2 N–H and O–H groups in total. The van der Waals surface area contributed by atoms with Crippen molar-refractivity contribution in [3.8, 4) is 5.75 Å². The number of nitrogens with one attached hydrogen (secondary N) is 2. The molecule has 0 unspecified atom stereocenters. The molecule has 1 aliphatic carbocycles. The summed E-state index contributed by atoms with van der Waals surface area (Å²) in [6, 6.07) is 7.13. The summed E-state index contributed by atoms with van der Waals surface area (Å²) in [6.07, 6.45) is 5.00. The van der Waals surface area contributed by atoms with Gasteiger partial charge in [0.15, 0.2) is 0 Å². The van der Waals surface area contributed by atoms with Gasteiger partial charge in [-0.25, -0.2) is 0 Å². The second-order valence-corrected chi connectivity index (χ2v) is 8.42. The summed E-state index contributed by atoms with van der Waals surface area (Å²) < 4.78 is 5.65. The Morgan fingerprint density at radius 1 is 1.21 bits per heavy atom. The van der Waals surface area contributed by atoms with Crippen LogP contribution in [0, 0.1) is 5.92 Å². The summed E-state index contributed by atoms with van der Waals surface area (Å²) in [6.45, 7) is 5.02. The molecule has 0 saturated carbocycles. The van der Waals surface area contributed by atoms with Crippen LogP contribution in [0.5, 0.6) is 5.75 Å². The molecule has 0 saturated heterocycles. The lowest BCUT2D eigenvalue weighted by molar-refractivity contribution is 0.0963. The van der Waals surface area contributed by atoms with Crippen molar-refractivity contribution in [2.45, 2.75) is 46.0 Å². The molecular weight excluding hydrogens is 372 g/mol. The van der Waals surface area contributed by atoms with Gasteiger partial charge in [-0.05, 0) is 61.4 Å². The van der Waals surface area contributed by atoms with Gasteiger partial charge in [0, 0.05) is 17.5 Å². The maximum atomic E-state index is 12.7. The smallest absolute Gasteiger partial charge is 0.256 e. The van der Waals surface area contributed by atoms with E-state index in [9.17, 15) is 9.59 Å². The average Bonchev–Trinajstić information content (AvgIpc) is 3.04. The van der Waals surface area contributed by atoms with Crippen molar-refractivity contribution in [3.63, 3.8) is 0 Å². The number of carbonyl (C=O) groups is 2. The van der Waals surface area contributed by atoms with E-state index in [0.29, 0.717) is 28.7 Å². The van der Waals surface area contributed by atoms with Crippen molar-refractivity contribution < 1.29 is 14.3 Å². The molecule has 0 aliphatic heterocycles. The molecule has 1 aromatic carbocycles. The minimum absolute atomic E-state index is 0.137. The Morgan fingerprint density at radius 2 is 1.96 bits per heavy atom. The fraction of sp³-hybridized carbons (Fsp3) is 0.455. The number of carbonyl (C=O) groups excluding carboxylic acids is 2. The third-order valence-corrected chi connectivity index (χ3v) is 6.25. The number of ether oxygens (including phenoxy) is 1. The molecule has 1 aromatic heterocycles. The van der Waals surface area contributed by atoms with E-state index < -0.39 is 0 Å². The highest BCUT2D eigenvalue weighted by Gasteiger charge is 2.28. The van der Waals surface area contributed by atoms with Crippen LogP contribution in [-0.2, 0) is 12.8 Å². The zero-order chi connectivity index (χ0) is 20.1. The SMILES string of the molecule is CCCCOc1ccc(C(=O)Nc2sc3c(c2C(=O)NC)CC[C@@H](C)C3)cc1. The van der Waals surface area contributed by atoms with Crippen LogP contribution in [0.2, 0.25) is 0 Å². The summed E-state index contributed by atoms with van der Waals surface area (Å²) in [5, 5.41) is 6.32. The van der Waals surface area contributed by atoms with Crippen LogP contribution in [0.4, 0.5) is 5.00 Å². The zero-order valence-corrected chi connectivity index (χ0v) is 17.6. The topological polar surface area (TPSA) is 67.4 Å². The molecule has 1 atom stereocenters. The van der Waals surface area contributed by atoms with Gasteiger partial charge in [-0.15, -0.1) is 11.3 Å². The number of hydrogen-bond donors (Lipinski definition) is 2. The molecule has 28 heavy (non-hydrogen) atoms. The highest BCUT2D eigenvalue weighted by atomic mass is 32.1. The molecule has 0 radical (unpaired) electrons. The fourth-order valence-electron chi connectivity index (χ4n) is 3.42. The Morgan fingerprint density at radius 3 is 2.64 bits per heavy atom. The largest absolute Gasteiger partial charge is 0.494 e. The Kier molecular flexibility index (Phi) is 6.73. The van der Waals surface area contributed by atoms with Gasteiger partial charge in [0.1, 0.15) is 10.8 Å². The average molecular weight is 401 g/mol. The third kappa shape index (κ3) is 4.55. The van der Waals surface area contributed by atoms with Crippen LogP contribution >= 0.6 is 11.3 Å². The summed E-state index contributed by atoms with van der Waals surface area (Å²) in [5.41, 5.74) is 2.27. The van der Waals surface area contributed by atoms with Gasteiger partial charge in [0.25, 0.3) is 11.8 Å². The van der Waals surface area contributed by atoms with Gasteiger partial charge in [0.05, 0.1) is 12.2 Å². The second-order valence-electron chi connectivity index (χ2n) is 7.32. The van der Waals surface area contributed by atoms with Gasteiger partial charge < -0.3 is 15.4 Å². The van der Waals surface area contributed by atoms with Crippen molar-refractivity contribution >= 4 is 28.2 Å². The Balaban J connectivity index is 1.77. The van der Waals surface area contributed by atoms with Gasteiger partial charge in [0.2, 0.25) is 0 Å². The lowest BCUT2D eigenvalue weighted by Crippen LogP contribution is -2.22. The number of fused-ring (bicyclic) bond motifs is 1. The third-order valence-electron chi connectivity index (χ3n) is 5.08. The quantitative estimate of drug-likeness (QED) is 0.664. The molecule has 2 aromatic rings. The molecule has 0 bridgehead atoms. The molecule has 1 aliphatic rings. The summed E-state index contributed by atoms with van der Waals surface area (Å²) in [7, 11) is 1.63. The highest BCUT2D eigenvalue weighted by Crippen LogP contribution is 2.39. The molecule has 150 valence electrons. The second kappa shape index (κ2) is 9.24. The minimum Gasteiger partial charge on any atom is -0.494 e. The first-order valence-electron chi connectivity index (χ1n) is 9.94. The standard InChI is InChI=1S/C22H28N2O3S/c1-4-5-12-27-16-9-7-15(8-10-16)20(25)24-22-19(21(26)23-3)17-11-6-14(2)13-18(17)28-22/h7-10,14H,4-6,11-13H2,1-3H3,(H,23,26)(H,24,25)/t14-/m1/s1. The summed E-state index contributed by atoms with van der Waals surface area (Å²) in [5.74, 6) is 1.02. The van der Waals surface area contributed by atoms with Crippen LogP contribution in [0.1, 0.15) is 64.3 Å². The van der Waals surface area contributed by atoms with E-state index in [-0.39, 0.29) is 11.8 Å². The number of unbranched alkanes of at least 4 members (excludes halogenated alkanes) is 1. The van der Waals surface area contributed by atoms with E-state index in [1.807, 2.05) is 12.1 Å². The number of hydrogen-bond acceptors (Lipinski definition) is 4. The first-order valence-corrected chi connectivity index (χ1v) is 10.8. The first kappa shape index (κ1) is 20.4. The molecule has 6 heteroatoms. The monoisotopic (exact) mass is 400 g/mol. The van der Waals surface area contributed by atoms with Gasteiger partial charge >= 0.3 is 0 Å². The zero-order valence-electron chi connectivity index (χ0n) is 16.8. The van der Waals surface area contributed by atoms with E-state index in [0.717, 1.165) is 43.4 Å². The first-order chi connectivity index (χ1) is 13.5. The highest BCUT2D eigenvalue weighted by molar-refractivity contribution is 7.17. The normalized spacial score (nSPS) is 15.6. The van der Waals surface area contributed by atoms with Crippen molar-refractivity contribution in [2.24, 2.45) is 5.92 Å². The maximum Gasteiger partial charge on any atom is 0.256 e. The predicted molar refractivity (Wildman–Crippen MR) is 114 cm³/mol. The van der Waals surface area contributed by atoms with Crippen LogP contribution in [-0.4, -0.2) is 25.5 Å². The van der Waals surface area contributed by atoms with E-state index in [1.54, 1.807) is 19.2 Å². The predicted octanol–water partition coefficient (Wildman–Crippen LogP) is 4.66. The molecule has 3 rings (SSSR count). The number of anilines is 1. The van der Waals surface area contributed by atoms with Crippen molar-refractivity contribution in [1.82, 2.24) is 5.32 Å². The van der Waals surface area contributed by atoms with Crippen molar-refractivity contribution in [1.29, 1.82) is 0 Å². The Hall–Kier alpha value is -2.34. The van der Waals surface area contributed by atoms with Gasteiger partial charge in [-0.3, -0.25) is 9.59 Å². The molecule has 0 fully saturated rings. The van der Waals surface area contributed by atoms with Crippen LogP contribution in [0.15, 0.2) is 24.3 Å². The minimum atomic E-state index is -0.211. The number of thiophene rings is 1.